The Balaban J connectivity index is 2.88. The van der Waals surface area contributed by atoms with Crippen molar-refractivity contribution in [1.82, 2.24) is 0 Å². The van der Waals surface area contributed by atoms with E-state index in [4.69, 9.17) is 4.74 Å². The van der Waals surface area contributed by atoms with E-state index in [-0.39, 0.29) is 5.57 Å². The van der Waals surface area contributed by atoms with Crippen molar-refractivity contribution in [3.8, 4) is 0 Å². The molecule has 0 bridgehead atoms. The normalized spacial score (nSPS) is 23.7. The number of aliphatic hydroxyl groups excluding tert-OH is 1. The van der Waals surface area contributed by atoms with Crippen molar-refractivity contribution in [3.05, 3.63) is 22.8 Å². The van der Waals surface area contributed by atoms with E-state index in [0.29, 0.717) is 11.5 Å². The molecule has 0 aromatic rings. The van der Waals surface area contributed by atoms with Gasteiger partial charge in [0.1, 0.15) is 12.0 Å². The van der Waals surface area contributed by atoms with Crippen molar-refractivity contribution >= 4 is 11.9 Å². The lowest BCUT2D eigenvalue weighted by molar-refractivity contribution is -0.183. The number of ether oxygens (including phenoxy) is 1. The van der Waals surface area contributed by atoms with Gasteiger partial charge in [0.2, 0.25) is 0 Å². The summed E-state index contributed by atoms with van der Waals surface area (Å²) in [7, 11) is 0. The van der Waals surface area contributed by atoms with Crippen LogP contribution in [0.2, 0.25) is 0 Å². The Hall–Kier alpha value is -1.62. The largest absolute Gasteiger partial charge is 0.478 e. The van der Waals surface area contributed by atoms with Gasteiger partial charge in [0.15, 0.2) is 0 Å². The molecule has 130 valence electrons. The van der Waals surface area contributed by atoms with Crippen LogP contribution in [-0.4, -0.2) is 34.9 Å². The number of unbranched alkanes of at least 4 members (excludes halogenated alkanes) is 1. The summed E-state index contributed by atoms with van der Waals surface area (Å²) < 4.78 is 4.94. The number of carboxylic acid groups (broad SMARTS) is 1. The molecule has 0 aromatic carbocycles. The molecular formula is C18H28O5. The predicted molar refractivity (Wildman–Crippen MR) is 87.9 cm³/mol. The number of rotatable bonds is 9. The Labute approximate surface area is 138 Å². The molecule has 1 aliphatic rings. The Morgan fingerprint density at radius 1 is 1.39 bits per heavy atom. The minimum absolute atomic E-state index is 0.0595. The van der Waals surface area contributed by atoms with Crippen molar-refractivity contribution in [1.29, 1.82) is 0 Å². The van der Waals surface area contributed by atoms with Gasteiger partial charge >= 0.3 is 11.9 Å². The lowest BCUT2D eigenvalue weighted by Gasteiger charge is -2.34. The first kappa shape index (κ1) is 19.4. The summed E-state index contributed by atoms with van der Waals surface area (Å²) in [5.41, 5.74) is 1.74. The van der Waals surface area contributed by atoms with Gasteiger partial charge in [0, 0.05) is 0 Å². The molecule has 1 heterocycles. The average molecular weight is 324 g/mol. The summed E-state index contributed by atoms with van der Waals surface area (Å²) in [6.07, 6.45) is 5.43. The van der Waals surface area contributed by atoms with Crippen LogP contribution in [0.5, 0.6) is 0 Å². The third-order valence-corrected chi connectivity index (χ3v) is 4.23. The molecule has 3 atom stereocenters. The van der Waals surface area contributed by atoms with Gasteiger partial charge in [-0.2, -0.15) is 0 Å². The van der Waals surface area contributed by atoms with Gasteiger partial charge in [0.05, 0.1) is 12.2 Å². The quantitative estimate of drug-likeness (QED) is 0.387. The number of carbonyl (C=O) groups excluding carboxylic acids is 1. The maximum atomic E-state index is 11.5. The molecule has 1 saturated heterocycles. The fraction of sp³-hybridized carbons (Fsp3) is 0.667. The molecule has 0 radical (unpaired) electrons. The number of esters is 1. The summed E-state index contributed by atoms with van der Waals surface area (Å²) in [5.74, 6) is -1.87. The smallest absolute Gasteiger partial charge is 0.335 e. The number of aliphatic hydroxyl groups is 1. The van der Waals surface area contributed by atoms with Crippen LogP contribution in [0.1, 0.15) is 53.4 Å². The number of hydrogen-bond donors (Lipinski definition) is 2. The molecule has 0 aromatic heterocycles. The highest BCUT2D eigenvalue weighted by Gasteiger charge is 2.46. The highest BCUT2D eigenvalue weighted by molar-refractivity contribution is 5.93. The van der Waals surface area contributed by atoms with Crippen LogP contribution >= 0.6 is 0 Å². The SMILES string of the molecule is CCCCC(C)C/C(C)=C/C(C)=C(/C(=O)O)C1OC(=O)C1CO. The van der Waals surface area contributed by atoms with Gasteiger partial charge in [0.25, 0.3) is 0 Å². The van der Waals surface area contributed by atoms with Crippen LogP contribution in [0.4, 0.5) is 0 Å². The van der Waals surface area contributed by atoms with Gasteiger partial charge in [-0.25, -0.2) is 4.79 Å². The minimum Gasteiger partial charge on any atom is -0.478 e. The first-order valence-electron chi connectivity index (χ1n) is 8.24. The highest BCUT2D eigenvalue weighted by atomic mass is 16.6. The lowest BCUT2D eigenvalue weighted by Crippen LogP contribution is -2.49. The monoisotopic (exact) mass is 324 g/mol. The maximum absolute atomic E-state index is 11.5. The van der Waals surface area contributed by atoms with Crippen LogP contribution in [0.15, 0.2) is 22.8 Å². The molecule has 5 heteroatoms. The number of carbonyl (C=O) groups is 2. The van der Waals surface area contributed by atoms with E-state index in [1.54, 1.807) is 6.92 Å². The molecule has 1 rings (SSSR count). The maximum Gasteiger partial charge on any atom is 0.335 e. The second-order valence-corrected chi connectivity index (χ2v) is 6.49. The fourth-order valence-electron chi connectivity index (χ4n) is 3.00. The number of hydrogen-bond acceptors (Lipinski definition) is 4. The third kappa shape index (κ3) is 5.20. The third-order valence-electron chi connectivity index (χ3n) is 4.23. The van der Waals surface area contributed by atoms with E-state index < -0.39 is 30.6 Å². The zero-order chi connectivity index (χ0) is 17.6. The Morgan fingerprint density at radius 2 is 2.04 bits per heavy atom. The number of carboxylic acids is 1. The molecule has 1 aliphatic heterocycles. The summed E-state index contributed by atoms with van der Waals surface area (Å²) >= 11 is 0. The van der Waals surface area contributed by atoms with Crippen LogP contribution in [0.3, 0.4) is 0 Å². The highest BCUT2D eigenvalue weighted by Crippen LogP contribution is 2.31. The summed E-state index contributed by atoms with van der Waals surface area (Å²) in [6, 6.07) is 0. The molecule has 0 amide bonds. The average Bonchev–Trinajstić information content (AvgIpc) is 2.44. The molecule has 0 aliphatic carbocycles. The minimum atomic E-state index is -1.11. The van der Waals surface area contributed by atoms with E-state index in [2.05, 4.69) is 13.8 Å². The molecular weight excluding hydrogens is 296 g/mol. The van der Waals surface area contributed by atoms with Crippen LogP contribution in [-0.2, 0) is 14.3 Å². The van der Waals surface area contributed by atoms with E-state index in [9.17, 15) is 19.8 Å². The topological polar surface area (TPSA) is 83.8 Å². The predicted octanol–water partition coefficient (Wildman–Crippen LogP) is 3.08. The van der Waals surface area contributed by atoms with Gasteiger partial charge in [-0.3, -0.25) is 4.79 Å². The molecule has 3 unspecified atom stereocenters. The van der Waals surface area contributed by atoms with Gasteiger partial charge in [-0.1, -0.05) is 44.8 Å². The molecule has 5 nitrogen and oxygen atoms in total. The number of allylic oxidation sites excluding steroid dienone is 3. The van der Waals surface area contributed by atoms with E-state index in [1.807, 2.05) is 13.0 Å². The molecule has 0 spiro atoms. The van der Waals surface area contributed by atoms with Crippen molar-refractivity contribution in [2.75, 3.05) is 6.61 Å². The first-order valence-corrected chi connectivity index (χ1v) is 8.24. The van der Waals surface area contributed by atoms with Crippen molar-refractivity contribution in [2.45, 2.75) is 59.5 Å². The molecule has 1 fully saturated rings. The summed E-state index contributed by atoms with van der Waals surface area (Å²) in [6.45, 7) is 7.66. The fourth-order valence-corrected chi connectivity index (χ4v) is 3.00. The van der Waals surface area contributed by atoms with Crippen molar-refractivity contribution in [3.63, 3.8) is 0 Å². The van der Waals surface area contributed by atoms with Crippen LogP contribution in [0.25, 0.3) is 0 Å². The molecule has 23 heavy (non-hydrogen) atoms. The standard InChI is InChI=1S/C18H28O5/c1-5-6-7-11(2)8-12(3)9-13(4)15(17(20)21)16-14(10-19)18(22)23-16/h9,11,14,16,19H,5-8,10H2,1-4H3,(H,20,21)/b12-9+,15-13+. The van der Waals surface area contributed by atoms with Crippen LogP contribution in [0, 0.1) is 11.8 Å². The number of aliphatic carboxylic acids is 1. The van der Waals surface area contributed by atoms with Gasteiger partial charge in [-0.05, 0) is 31.8 Å². The van der Waals surface area contributed by atoms with Gasteiger partial charge < -0.3 is 14.9 Å². The first-order chi connectivity index (χ1) is 10.8. The number of cyclic esters (lactones) is 1. The Kier molecular flexibility index (Phi) is 7.49. The van der Waals surface area contributed by atoms with E-state index in [0.717, 1.165) is 18.4 Å². The van der Waals surface area contributed by atoms with Crippen molar-refractivity contribution in [2.24, 2.45) is 11.8 Å². The lowest BCUT2D eigenvalue weighted by atomic mass is 9.87. The zero-order valence-electron chi connectivity index (χ0n) is 14.5. The Morgan fingerprint density at radius 3 is 2.52 bits per heavy atom. The second-order valence-electron chi connectivity index (χ2n) is 6.49. The Bertz CT molecular complexity index is 504. The second kappa shape index (κ2) is 8.87. The van der Waals surface area contributed by atoms with E-state index >= 15 is 0 Å². The zero-order valence-corrected chi connectivity index (χ0v) is 14.5. The van der Waals surface area contributed by atoms with Crippen molar-refractivity contribution < 1.29 is 24.5 Å². The van der Waals surface area contributed by atoms with Gasteiger partial charge in [-0.15, -0.1) is 0 Å². The summed E-state index contributed by atoms with van der Waals surface area (Å²) in [4.78, 5) is 22.8. The summed E-state index contributed by atoms with van der Waals surface area (Å²) in [5, 5.41) is 18.6. The van der Waals surface area contributed by atoms with Crippen LogP contribution < -0.4 is 0 Å². The molecule has 2 N–H and O–H groups in total. The van der Waals surface area contributed by atoms with E-state index in [1.165, 1.54) is 12.8 Å². The molecule has 0 saturated carbocycles.